The first-order valence-corrected chi connectivity index (χ1v) is 6.35. The van der Waals surface area contributed by atoms with E-state index in [0.29, 0.717) is 0 Å². The fourth-order valence-electron chi connectivity index (χ4n) is 1.62. The molecule has 1 rings (SSSR count). The fourth-order valence-corrected chi connectivity index (χ4v) is 1.62. The van der Waals surface area contributed by atoms with Gasteiger partial charge >= 0.3 is 11.7 Å². The summed E-state index contributed by atoms with van der Waals surface area (Å²) in [7, 11) is 2.57. The number of nitro groups is 1. The minimum atomic E-state index is -1.24. The van der Waals surface area contributed by atoms with E-state index in [9.17, 15) is 19.7 Å². The second kappa shape index (κ2) is 8.54. The molecule has 0 radical (unpaired) electrons. The van der Waals surface area contributed by atoms with Crippen molar-refractivity contribution in [1.82, 2.24) is 5.32 Å². The van der Waals surface area contributed by atoms with Crippen LogP contribution in [0.2, 0.25) is 0 Å². The molecular formula is C13H16N2O8. The average Bonchev–Trinajstić information content (AvgIpc) is 2.51. The highest BCUT2D eigenvalue weighted by molar-refractivity contribution is 5.84. The molecule has 0 spiro atoms. The van der Waals surface area contributed by atoms with Crippen molar-refractivity contribution in [2.45, 2.75) is 6.04 Å². The summed E-state index contributed by atoms with van der Waals surface area (Å²) in [5, 5.41) is 21.8. The van der Waals surface area contributed by atoms with Crippen molar-refractivity contribution in [2.75, 3.05) is 27.4 Å². The fraction of sp³-hybridized carbons (Fsp3) is 0.385. The predicted octanol–water partition coefficient (Wildman–Crippen LogP) is 0.198. The number of carbonyl (C=O) groups is 2. The molecule has 23 heavy (non-hydrogen) atoms. The molecule has 1 atom stereocenters. The number of nitrogens with one attached hydrogen (secondary N) is 1. The van der Waals surface area contributed by atoms with Crippen LogP contribution in [0.1, 0.15) is 0 Å². The molecule has 1 aromatic rings. The van der Waals surface area contributed by atoms with E-state index in [1.54, 1.807) is 0 Å². The van der Waals surface area contributed by atoms with Gasteiger partial charge in [0.15, 0.2) is 12.6 Å². The molecule has 0 bridgehead atoms. The molecule has 1 aromatic carbocycles. The third-order valence-corrected chi connectivity index (χ3v) is 2.68. The van der Waals surface area contributed by atoms with Crippen molar-refractivity contribution < 1.29 is 33.8 Å². The summed E-state index contributed by atoms with van der Waals surface area (Å²) >= 11 is 0. The van der Waals surface area contributed by atoms with Crippen molar-refractivity contribution in [3.05, 3.63) is 28.3 Å². The Bertz CT molecular complexity index is 589. The molecule has 0 saturated heterocycles. The van der Waals surface area contributed by atoms with Gasteiger partial charge in [-0.1, -0.05) is 0 Å². The molecular weight excluding hydrogens is 312 g/mol. The Kier molecular flexibility index (Phi) is 6.74. The molecule has 0 aliphatic carbocycles. The molecule has 0 aliphatic rings. The smallest absolute Gasteiger partial charge is 0.328 e. The van der Waals surface area contributed by atoms with Gasteiger partial charge in [-0.25, -0.2) is 4.79 Å². The zero-order valence-corrected chi connectivity index (χ0v) is 12.5. The number of nitro benzene ring substituents is 1. The molecule has 0 aromatic heterocycles. The number of hydrogen-bond acceptors (Lipinski definition) is 7. The molecule has 0 heterocycles. The number of carboxylic acids is 1. The Morgan fingerprint density at radius 3 is 2.61 bits per heavy atom. The minimum Gasteiger partial charge on any atom is -0.490 e. The third kappa shape index (κ3) is 5.43. The Hall–Kier alpha value is -2.88. The van der Waals surface area contributed by atoms with Crippen LogP contribution in [-0.4, -0.2) is 55.4 Å². The Morgan fingerprint density at radius 2 is 2.09 bits per heavy atom. The topological polar surface area (TPSA) is 137 Å². The number of carbonyl (C=O) groups excluding carboxylic acids is 1. The summed E-state index contributed by atoms with van der Waals surface area (Å²) in [4.78, 5) is 32.7. The van der Waals surface area contributed by atoms with Crippen LogP contribution < -0.4 is 14.8 Å². The lowest BCUT2D eigenvalue weighted by atomic mass is 10.3. The van der Waals surface area contributed by atoms with Crippen molar-refractivity contribution in [3.63, 3.8) is 0 Å². The lowest BCUT2D eigenvalue weighted by Gasteiger charge is -2.14. The van der Waals surface area contributed by atoms with Crippen LogP contribution in [0, 0.1) is 10.1 Å². The minimum absolute atomic E-state index is 0.0179. The molecule has 10 heteroatoms. The average molecular weight is 328 g/mol. The van der Waals surface area contributed by atoms with Crippen LogP contribution >= 0.6 is 0 Å². The maximum absolute atomic E-state index is 11.6. The quantitative estimate of drug-likeness (QED) is 0.484. The van der Waals surface area contributed by atoms with E-state index in [0.717, 1.165) is 0 Å². The van der Waals surface area contributed by atoms with E-state index in [-0.39, 0.29) is 23.8 Å². The first-order chi connectivity index (χ1) is 10.9. The molecule has 0 fully saturated rings. The van der Waals surface area contributed by atoms with Crippen LogP contribution in [-0.2, 0) is 14.3 Å². The van der Waals surface area contributed by atoms with E-state index in [1.165, 1.54) is 32.4 Å². The highest BCUT2D eigenvalue weighted by atomic mass is 16.6. The lowest BCUT2D eigenvalue weighted by molar-refractivity contribution is -0.385. The number of aliphatic carboxylic acids is 1. The summed E-state index contributed by atoms with van der Waals surface area (Å²) < 4.78 is 14.7. The van der Waals surface area contributed by atoms with Gasteiger partial charge in [0.25, 0.3) is 5.91 Å². The predicted molar refractivity (Wildman–Crippen MR) is 76.6 cm³/mol. The van der Waals surface area contributed by atoms with E-state index < -0.39 is 29.4 Å². The van der Waals surface area contributed by atoms with Crippen LogP contribution in [0.5, 0.6) is 11.5 Å². The number of methoxy groups -OCH3 is 2. The van der Waals surface area contributed by atoms with E-state index >= 15 is 0 Å². The Labute approximate surface area is 131 Å². The van der Waals surface area contributed by atoms with Crippen molar-refractivity contribution in [1.29, 1.82) is 0 Å². The van der Waals surface area contributed by atoms with E-state index in [1.807, 2.05) is 0 Å². The van der Waals surface area contributed by atoms with Gasteiger partial charge in [-0.05, 0) is 6.07 Å². The highest BCUT2D eigenvalue weighted by Gasteiger charge is 2.20. The largest absolute Gasteiger partial charge is 0.490 e. The maximum Gasteiger partial charge on any atom is 0.328 e. The van der Waals surface area contributed by atoms with Gasteiger partial charge in [0.1, 0.15) is 5.75 Å². The Balaban J connectivity index is 2.65. The number of nitrogens with zero attached hydrogens (tertiary/aromatic N) is 1. The SMILES string of the molecule is COCC(NC(=O)COc1ccc([N+](=O)[O-])c(OC)c1)C(=O)O. The summed E-state index contributed by atoms with van der Waals surface area (Å²) in [6.07, 6.45) is 0. The first kappa shape index (κ1) is 18.2. The van der Waals surface area contributed by atoms with Gasteiger partial charge < -0.3 is 24.6 Å². The van der Waals surface area contributed by atoms with Gasteiger partial charge in [0, 0.05) is 19.2 Å². The summed E-state index contributed by atoms with van der Waals surface area (Å²) in [6.45, 7) is -0.652. The summed E-state index contributed by atoms with van der Waals surface area (Å²) in [5.41, 5.74) is -0.240. The van der Waals surface area contributed by atoms with E-state index in [4.69, 9.17) is 14.6 Å². The molecule has 126 valence electrons. The molecule has 10 nitrogen and oxygen atoms in total. The number of ether oxygens (including phenoxy) is 3. The van der Waals surface area contributed by atoms with Gasteiger partial charge in [-0.2, -0.15) is 0 Å². The van der Waals surface area contributed by atoms with Gasteiger partial charge in [0.05, 0.1) is 18.6 Å². The molecule has 1 unspecified atom stereocenters. The van der Waals surface area contributed by atoms with E-state index in [2.05, 4.69) is 10.1 Å². The molecule has 0 aliphatic heterocycles. The second-order valence-electron chi connectivity index (χ2n) is 4.29. The van der Waals surface area contributed by atoms with Crippen molar-refractivity contribution in [2.24, 2.45) is 0 Å². The number of amides is 1. The number of hydrogen-bond donors (Lipinski definition) is 2. The van der Waals surface area contributed by atoms with Crippen LogP contribution in [0.15, 0.2) is 18.2 Å². The van der Waals surface area contributed by atoms with Crippen molar-refractivity contribution >= 4 is 17.6 Å². The zero-order chi connectivity index (χ0) is 17.4. The summed E-state index contributed by atoms with van der Waals surface area (Å²) in [5.74, 6) is -1.76. The lowest BCUT2D eigenvalue weighted by Crippen LogP contribution is -2.45. The monoisotopic (exact) mass is 328 g/mol. The molecule has 2 N–H and O–H groups in total. The maximum atomic E-state index is 11.6. The number of carboxylic acid groups (broad SMARTS) is 1. The zero-order valence-electron chi connectivity index (χ0n) is 12.5. The van der Waals surface area contributed by atoms with Gasteiger partial charge in [-0.15, -0.1) is 0 Å². The highest BCUT2D eigenvalue weighted by Crippen LogP contribution is 2.30. The summed E-state index contributed by atoms with van der Waals surface area (Å²) in [6, 6.07) is 2.55. The molecule has 0 saturated carbocycles. The molecule has 1 amide bonds. The van der Waals surface area contributed by atoms with Crippen LogP contribution in [0.25, 0.3) is 0 Å². The Morgan fingerprint density at radius 1 is 1.39 bits per heavy atom. The van der Waals surface area contributed by atoms with Gasteiger partial charge in [-0.3, -0.25) is 14.9 Å². The third-order valence-electron chi connectivity index (χ3n) is 2.68. The first-order valence-electron chi connectivity index (χ1n) is 6.35. The van der Waals surface area contributed by atoms with Gasteiger partial charge in [0.2, 0.25) is 5.75 Å². The van der Waals surface area contributed by atoms with Crippen LogP contribution in [0.4, 0.5) is 5.69 Å². The van der Waals surface area contributed by atoms with Crippen molar-refractivity contribution in [3.8, 4) is 11.5 Å². The number of benzene rings is 1. The number of rotatable bonds is 9. The normalized spacial score (nSPS) is 11.4. The van der Waals surface area contributed by atoms with Crippen LogP contribution in [0.3, 0.4) is 0 Å². The standard InChI is InChI=1S/C13H16N2O8/c1-21-6-9(13(17)18)14-12(16)7-23-8-3-4-10(15(19)20)11(5-8)22-2/h3-5,9H,6-7H2,1-2H3,(H,14,16)(H,17,18). The second-order valence-corrected chi connectivity index (χ2v) is 4.29.